The minimum Gasteiger partial charge on any atom is -0.506 e. The molecule has 3 rings (SSSR count). The highest BCUT2D eigenvalue weighted by Crippen LogP contribution is 2.35. The first-order valence-electron chi connectivity index (χ1n) is 9.12. The van der Waals surface area contributed by atoms with Gasteiger partial charge in [-0.25, -0.2) is 8.42 Å². The lowest BCUT2D eigenvalue weighted by molar-refractivity contribution is -0.135. The van der Waals surface area contributed by atoms with E-state index in [1.165, 1.54) is 12.1 Å². The van der Waals surface area contributed by atoms with Crippen molar-refractivity contribution in [3.05, 3.63) is 63.9 Å². The Balaban J connectivity index is 2.13. The standard InChI is InChI=1S/C20H19N3O8S/c1-32(29,30)23-12-7-13-17(14(8-12)31-10-11-5-3-2-4-6-11)22-20(28)16(18(13)26)19(27)21-9-15(24)25/h2-8,23H,9-10H2,1H3,(H,21,27)(H,24,25)(H2,22,26,28). The van der Waals surface area contributed by atoms with Crippen LogP contribution in [0.4, 0.5) is 5.69 Å². The van der Waals surface area contributed by atoms with Crippen LogP contribution in [0.25, 0.3) is 10.9 Å². The van der Waals surface area contributed by atoms with E-state index >= 15 is 0 Å². The largest absolute Gasteiger partial charge is 0.506 e. The number of aromatic nitrogens is 1. The molecular formula is C20H19N3O8S. The molecule has 0 spiro atoms. The van der Waals surface area contributed by atoms with Gasteiger partial charge in [0.1, 0.15) is 30.2 Å². The first kappa shape index (κ1) is 22.6. The highest BCUT2D eigenvalue weighted by Gasteiger charge is 2.22. The number of rotatable bonds is 8. The highest BCUT2D eigenvalue weighted by molar-refractivity contribution is 7.92. The third-order valence-corrected chi connectivity index (χ3v) is 4.83. The summed E-state index contributed by atoms with van der Waals surface area (Å²) in [5.41, 5.74) is -0.867. The molecule has 0 bridgehead atoms. The zero-order chi connectivity index (χ0) is 23.5. The van der Waals surface area contributed by atoms with Crippen molar-refractivity contribution < 1.29 is 33.0 Å². The fourth-order valence-corrected chi connectivity index (χ4v) is 3.47. The lowest BCUT2D eigenvalue weighted by atomic mass is 10.1. The summed E-state index contributed by atoms with van der Waals surface area (Å²) in [6, 6.07) is 11.6. The topological polar surface area (TPSA) is 175 Å². The average molecular weight is 461 g/mol. The van der Waals surface area contributed by atoms with Crippen LogP contribution in [0.15, 0.2) is 47.3 Å². The summed E-state index contributed by atoms with van der Waals surface area (Å²) < 4.78 is 31.4. The maximum atomic E-state index is 12.5. The van der Waals surface area contributed by atoms with E-state index in [4.69, 9.17) is 9.84 Å². The molecule has 32 heavy (non-hydrogen) atoms. The number of fused-ring (bicyclic) bond motifs is 1. The fraction of sp³-hybridized carbons (Fsp3) is 0.150. The van der Waals surface area contributed by atoms with E-state index in [-0.39, 0.29) is 28.9 Å². The van der Waals surface area contributed by atoms with E-state index in [0.29, 0.717) is 0 Å². The van der Waals surface area contributed by atoms with E-state index in [2.05, 4.69) is 9.71 Å². The van der Waals surface area contributed by atoms with Crippen LogP contribution in [0.2, 0.25) is 0 Å². The van der Waals surface area contributed by atoms with Gasteiger partial charge in [0.05, 0.1) is 17.5 Å². The Morgan fingerprint density at radius 1 is 1.16 bits per heavy atom. The molecule has 1 heterocycles. The predicted octanol–water partition coefficient (Wildman–Crippen LogP) is 0.999. The molecular weight excluding hydrogens is 442 g/mol. The number of aromatic hydroxyl groups is 1. The van der Waals surface area contributed by atoms with E-state index in [9.17, 15) is 27.9 Å². The number of H-pyrrole nitrogens is 1. The fourth-order valence-electron chi connectivity index (χ4n) is 2.93. The van der Waals surface area contributed by atoms with Crippen LogP contribution in [-0.2, 0) is 21.4 Å². The molecule has 5 N–H and O–H groups in total. The smallest absolute Gasteiger partial charge is 0.322 e. The number of carbonyl (C=O) groups is 2. The van der Waals surface area contributed by atoms with Gasteiger partial charge in [-0.15, -0.1) is 0 Å². The normalized spacial score (nSPS) is 11.2. The minimum atomic E-state index is -3.70. The van der Waals surface area contributed by atoms with Gasteiger partial charge in [0, 0.05) is 11.5 Å². The number of sulfonamides is 1. The minimum absolute atomic E-state index is 0.0160. The van der Waals surface area contributed by atoms with Crippen molar-refractivity contribution in [1.82, 2.24) is 10.3 Å². The Morgan fingerprint density at radius 3 is 2.47 bits per heavy atom. The second kappa shape index (κ2) is 8.98. The van der Waals surface area contributed by atoms with Crippen molar-refractivity contribution in [3.8, 4) is 11.5 Å². The number of ether oxygens (including phenoxy) is 1. The van der Waals surface area contributed by atoms with Crippen molar-refractivity contribution in [2.75, 3.05) is 17.5 Å². The first-order chi connectivity index (χ1) is 15.0. The monoisotopic (exact) mass is 461 g/mol. The molecule has 0 fully saturated rings. The summed E-state index contributed by atoms with van der Waals surface area (Å²) in [5, 5.41) is 21.3. The number of hydrogen-bond acceptors (Lipinski definition) is 7. The zero-order valence-corrected chi connectivity index (χ0v) is 17.5. The number of carboxylic acid groups (broad SMARTS) is 1. The lowest BCUT2D eigenvalue weighted by Crippen LogP contribution is -2.33. The van der Waals surface area contributed by atoms with Gasteiger partial charge >= 0.3 is 5.97 Å². The number of anilines is 1. The number of pyridine rings is 1. The van der Waals surface area contributed by atoms with Gasteiger partial charge in [0.15, 0.2) is 0 Å². The molecule has 11 nitrogen and oxygen atoms in total. The summed E-state index contributed by atoms with van der Waals surface area (Å²) in [7, 11) is -3.70. The third kappa shape index (κ3) is 5.35. The molecule has 1 aromatic heterocycles. The van der Waals surface area contributed by atoms with Crippen molar-refractivity contribution >= 4 is 38.5 Å². The molecule has 0 radical (unpaired) electrons. The Bertz CT molecular complexity index is 1350. The highest BCUT2D eigenvalue weighted by atomic mass is 32.2. The Kier molecular flexibility index (Phi) is 6.35. The first-order valence-corrected chi connectivity index (χ1v) is 11.0. The molecule has 168 valence electrons. The van der Waals surface area contributed by atoms with Crippen LogP contribution in [0.1, 0.15) is 15.9 Å². The van der Waals surface area contributed by atoms with E-state index in [1.807, 2.05) is 11.4 Å². The Morgan fingerprint density at radius 2 is 1.84 bits per heavy atom. The summed E-state index contributed by atoms with van der Waals surface area (Å²) in [5.74, 6) is -3.16. The van der Waals surface area contributed by atoms with Gasteiger partial charge < -0.3 is 25.3 Å². The molecule has 0 aliphatic rings. The predicted molar refractivity (Wildman–Crippen MR) is 115 cm³/mol. The quantitative estimate of drug-likeness (QED) is 0.330. The molecule has 2 aromatic carbocycles. The molecule has 0 aliphatic heterocycles. The number of aromatic amines is 1. The number of aliphatic carboxylic acids is 1. The molecule has 0 atom stereocenters. The average Bonchev–Trinajstić information content (AvgIpc) is 2.71. The lowest BCUT2D eigenvalue weighted by Gasteiger charge is -2.14. The van der Waals surface area contributed by atoms with Crippen LogP contribution in [0.5, 0.6) is 11.5 Å². The van der Waals surface area contributed by atoms with Crippen molar-refractivity contribution in [2.45, 2.75) is 6.61 Å². The van der Waals surface area contributed by atoms with E-state index in [0.717, 1.165) is 11.8 Å². The maximum absolute atomic E-state index is 12.5. The van der Waals surface area contributed by atoms with Gasteiger partial charge in [0.25, 0.3) is 11.5 Å². The summed E-state index contributed by atoms with van der Waals surface area (Å²) >= 11 is 0. The van der Waals surface area contributed by atoms with Gasteiger partial charge in [-0.1, -0.05) is 30.3 Å². The van der Waals surface area contributed by atoms with Crippen LogP contribution in [-0.4, -0.2) is 48.3 Å². The summed E-state index contributed by atoms with van der Waals surface area (Å²) in [4.78, 5) is 37.9. The SMILES string of the molecule is CS(=O)(=O)Nc1cc(OCc2ccccc2)c2[nH]c(=O)c(C(=O)NCC(=O)O)c(O)c2c1. The number of amides is 1. The van der Waals surface area contributed by atoms with Gasteiger partial charge in [-0.05, 0) is 11.6 Å². The van der Waals surface area contributed by atoms with Crippen LogP contribution in [0, 0.1) is 0 Å². The van der Waals surface area contributed by atoms with Crippen molar-refractivity contribution in [1.29, 1.82) is 0 Å². The molecule has 12 heteroatoms. The Labute approximate surface area is 181 Å². The number of hydrogen-bond donors (Lipinski definition) is 5. The summed E-state index contributed by atoms with van der Waals surface area (Å²) in [6.07, 6.45) is 0.930. The second-order valence-electron chi connectivity index (χ2n) is 6.80. The maximum Gasteiger partial charge on any atom is 0.322 e. The molecule has 0 unspecified atom stereocenters. The van der Waals surface area contributed by atoms with Gasteiger partial charge in [0.2, 0.25) is 10.0 Å². The number of carboxylic acids is 1. The van der Waals surface area contributed by atoms with Gasteiger partial charge in [-0.2, -0.15) is 0 Å². The summed E-state index contributed by atoms with van der Waals surface area (Å²) in [6.45, 7) is -0.696. The van der Waals surface area contributed by atoms with E-state index in [1.54, 1.807) is 24.3 Å². The van der Waals surface area contributed by atoms with Crippen molar-refractivity contribution in [2.24, 2.45) is 0 Å². The zero-order valence-electron chi connectivity index (χ0n) is 16.7. The molecule has 0 aliphatic carbocycles. The second-order valence-corrected chi connectivity index (χ2v) is 8.55. The number of carbonyl (C=O) groups excluding carboxylic acids is 1. The molecule has 1 amide bonds. The molecule has 3 aromatic rings. The van der Waals surface area contributed by atoms with Crippen LogP contribution < -0.4 is 20.3 Å². The Hall–Kier alpha value is -4.06. The van der Waals surface area contributed by atoms with E-state index < -0.39 is 45.3 Å². The van der Waals surface area contributed by atoms with Crippen LogP contribution >= 0.6 is 0 Å². The number of nitrogens with one attached hydrogen (secondary N) is 3. The van der Waals surface area contributed by atoms with Crippen LogP contribution in [0.3, 0.4) is 0 Å². The molecule has 0 saturated heterocycles. The third-order valence-electron chi connectivity index (χ3n) is 4.23. The molecule has 0 saturated carbocycles. The number of benzene rings is 2. The van der Waals surface area contributed by atoms with Crippen molar-refractivity contribution in [3.63, 3.8) is 0 Å². The van der Waals surface area contributed by atoms with Gasteiger partial charge in [-0.3, -0.25) is 19.1 Å².